The summed E-state index contributed by atoms with van der Waals surface area (Å²) in [5, 5.41) is 20.4. The number of nitrogens with one attached hydrogen (secondary N) is 4. The Morgan fingerprint density at radius 1 is 0.946 bits per heavy atom. The van der Waals surface area contributed by atoms with Gasteiger partial charge in [0.15, 0.2) is 0 Å². The van der Waals surface area contributed by atoms with Crippen LogP contribution in [0.1, 0.15) is 27.5 Å². The van der Waals surface area contributed by atoms with Crippen LogP contribution in [0.5, 0.6) is 0 Å². The number of carboxylic acids is 1. The van der Waals surface area contributed by atoms with Gasteiger partial charge in [0.05, 0.1) is 18.2 Å². The summed E-state index contributed by atoms with van der Waals surface area (Å²) in [7, 11) is 1.62. The first-order valence-corrected chi connectivity index (χ1v) is 11.9. The third kappa shape index (κ3) is 8.26. The van der Waals surface area contributed by atoms with Crippen molar-refractivity contribution >= 4 is 52.7 Å². The fourth-order valence-electron chi connectivity index (χ4n) is 3.47. The summed E-state index contributed by atoms with van der Waals surface area (Å²) in [4.78, 5) is 48.6. The van der Waals surface area contributed by atoms with E-state index in [1.165, 1.54) is 28.8 Å². The number of carboxylic acid groups (broad SMARTS) is 1. The highest BCUT2D eigenvalue weighted by atomic mass is 35.5. The molecule has 0 bridgehead atoms. The predicted octanol–water partition coefficient (Wildman–Crippen LogP) is 3.37. The molecule has 0 aliphatic rings. The van der Waals surface area contributed by atoms with Gasteiger partial charge in [-0.15, -0.1) is 0 Å². The molecule has 0 aliphatic heterocycles. The minimum atomic E-state index is -1.17. The number of rotatable bonds is 10. The summed E-state index contributed by atoms with van der Waals surface area (Å²) >= 11 is 11.9. The van der Waals surface area contributed by atoms with Gasteiger partial charge in [0.25, 0.3) is 5.91 Å². The number of carbonyl (C=O) groups excluding carboxylic acids is 3. The number of aliphatic carboxylic acids is 1. The molecule has 0 radical (unpaired) electrons. The van der Waals surface area contributed by atoms with Crippen LogP contribution in [0.3, 0.4) is 0 Å². The largest absolute Gasteiger partial charge is 0.481 e. The number of hydrogen-bond donors (Lipinski definition) is 5. The first-order chi connectivity index (χ1) is 17.6. The van der Waals surface area contributed by atoms with Crippen molar-refractivity contribution in [1.29, 1.82) is 0 Å². The molecular weight excluding hydrogens is 521 g/mol. The van der Waals surface area contributed by atoms with E-state index in [2.05, 4.69) is 21.3 Å². The third-order valence-electron chi connectivity index (χ3n) is 5.29. The zero-order chi connectivity index (χ0) is 26.9. The van der Waals surface area contributed by atoms with Gasteiger partial charge in [-0.2, -0.15) is 0 Å². The van der Waals surface area contributed by atoms with Crippen molar-refractivity contribution in [3.8, 4) is 0 Å². The molecule has 1 unspecified atom stereocenters. The van der Waals surface area contributed by atoms with Gasteiger partial charge in [0.2, 0.25) is 5.91 Å². The van der Waals surface area contributed by atoms with Crippen molar-refractivity contribution in [3.63, 3.8) is 0 Å². The van der Waals surface area contributed by atoms with Crippen LogP contribution in [0.25, 0.3) is 0 Å². The number of halogens is 2. The van der Waals surface area contributed by atoms with Crippen LogP contribution in [0.4, 0.5) is 10.5 Å². The van der Waals surface area contributed by atoms with Crippen LogP contribution < -0.4 is 21.3 Å². The van der Waals surface area contributed by atoms with Crippen molar-refractivity contribution in [2.24, 2.45) is 7.05 Å². The van der Waals surface area contributed by atoms with Crippen LogP contribution in [-0.4, -0.2) is 46.6 Å². The summed E-state index contributed by atoms with van der Waals surface area (Å²) in [6.45, 7) is -0.265. The molecule has 3 rings (SSSR count). The Balaban J connectivity index is 1.49. The number of hydrogen-bond acceptors (Lipinski definition) is 4. The zero-order valence-electron chi connectivity index (χ0n) is 19.8. The highest BCUT2D eigenvalue weighted by Gasteiger charge is 2.22. The number of nitrogens with zero attached hydrogens (tertiary/aromatic N) is 1. The third-order valence-corrected chi connectivity index (χ3v) is 5.73. The SMILES string of the molecule is Cn1cc(NC(=O)NCc2ccccc2)cc1C(=O)NCC(=O)NCC(C(=O)O)c1cc(Cl)cc(Cl)c1. The normalized spacial score (nSPS) is 11.3. The summed E-state index contributed by atoms with van der Waals surface area (Å²) in [6.07, 6.45) is 1.56. The second-order valence-electron chi connectivity index (χ2n) is 8.10. The number of aromatic nitrogens is 1. The molecule has 1 heterocycles. The molecule has 2 aromatic carbocycles. The smallest absolute Gasteiger partial charge is 0.319 e. The van der Waals surface area contributed by atoms with Crippen LogP contribution in [0.15, 0.2) is 60.8 Å². The fourth-order valence-corrected chi connectivity index (χ4v) is 4.01. The number of amides is 4. The van der Waals surface area contributed by atoms with E-state index in [4.69, 9.17) is 23.2 Å². The maximum Gasteiger partial charge on any atom is 0.319 e. The quantitative estimate of drug-likeness (QED) is 0.265. The van der Waals surface area contributed by atoms with E-state index in [1.807, 2.05) is 30.3 Å². The van der Waals surface area contributed by atoms with Crippen molar-refractivity contribution in [1.82, 2.24) is 20.5 Å². The predicted molar refractivity (Wildman–Crippen MR) is 140 cm³/mol. The summed E-state index contributed by atoms with van der Waals surface area (Å²) < 4.78 is 1.50. The van der Waals surface area contributed by atoms with Gasteiger partial charge in [-0.3, -0.25) is 14.4 Å². The van der Waals surface area contributed by atoms with Gasteiger partial charge >= 0.3 is 12.0 Å². The average molecular weight is 546 g/mol. The number of benzene rings is 2. The molecule has 194 valence electrons. The number of anilines is 1. The average Bonchev–Trinajstić information content (AvgIpc) is 3.21. The zero-order valence-corrected chi connectivity index (χ0v) is 21.3. The molecule has 10 nitrogen and oxygen atoms in total. The molecule has 0 aliphatic carbocycles. The van der Waals surface area contributed by atoms with Gasteiger partial charge in [-0.25, -0.2) is 4.79 Å². The number of carbonyl (C=O) groups is 4. The van der Waals surface area contributed by atoms with E-state index >= 15 is 0 Å². The minimum absolute atomic E-state index is 0.211. The molecule has 0 fully saturated rings. The lowest BCUT2D eigenvalue weighted by Crippen LogP contribution is -2.40. The lowest BCUT2D eigenvalue weighted by molar-refractivity contribution is -0.138. The van der Waals surface area contributed by atoms with E-state index < -0.39 is 29.7 Å². The van der Waals surface area contributed by atoms with Crippen LogP contribution in [0.2, 0.25) is 10.0 Å². The molecule has 1 atom stereocenters. The Labute approximate surface area is 222 Å². The molecular formula is C25H25Cl2N5O5. The fraction of sp³-hybridized carbons (Fsp3) is 0.200. The molecule has 37 heavy (non-hydrogen) atoms. The van der Waals surface area contributed by atoms with Gasteiger partial charge in [-0.1, -0.05) is 53.5 Å². The number of aryl methyl sites for hydroxylation is 1. The summed E-state index contributed by atoms with van der Waals surface area (Å²) in [5.74, 6) is -3.38. The van der Waals surface area contributed by atoms with Gasteiger partial charge in [0, 0.05) is 36.4 Å². The Hall–Kier alpha value is -4.02. The highest BCUT2D eigenvalue weighted by molar-refractivity contribution is 6.34. The van der Waals surface area contributed by atoms with Crippen LogP contribution >= 0.6 is 23.2 Å². The number of urea groups is 1. The van der Waals surface area contributed by atoms with Crippen LogP contribution in [0, 0.1) is 0 Å². The van der Waals surface area contributed by atoms with Crippen molar-refractivity contribution in [3.05, 3.63) is 87.7 Å². The van der Waals surface area contributed by atoms with Gasteiger partial charge in [-0.05, 0) is 35.4 Å². The molecule has 0 spiro atoms. The Morgan fingerprint density at radius 3 is 2.27 bits per heavy atom. The second kappa shape index (κ2) is 12.8. The van der Waals surface area contributed by atoms with Crippen molar-refractivity contribution in [2.45, 2.75) is 12.5 Å². The summed E-state index contributed by atoms with van der Waals surface area (Å²) in [5.41, 5.74) is 1.89. The van der Waals surface area contributed by atoms with E-state index in [0.717, 1.165) is 5.56 Å². The van der Waals surface area contributed by atoms with Gasteiger partial charge < -0.3 is 30.9 Å². The van der Waals surface area contributed by atoms with E-state index in [-0.39, 0.29) is 28.8 Å². The Bertz CT molecular complexity index is 1280. The molecule has 12 heteroatoms. The van der Waals surface area contributed by atoms with Gasteiger partial charge in [0.1, 0.15) is 5.69 Å². The van der Waals surface area contributed by atoms with Crippen molar-refractivity contribution in [2.75, 3.05) is 18.4 Å². The van der Waals surface area contributed by atoms with Crippen molar-refractivity contribution < 1.29 is 24.3 Å². The lowest BCUT2D eigenvalue weighted by Gasteiger charge is -2.15. The first kappa shape index (κ1) is 27.6. The topological polar surface area (TPSA) is 142 Å². The Morgan fingerprint density at radius 2 is 1.62 bits per heavy atom. The first-order valence-electron chi connectivity index (χ1n) is 11.1. The van der Waals surface area contributed by atoms with E-state index in [0.29, 0.717) is 17.8 Å². The Kier molecular flexibility index (Phi) is 9.53. The standard InChI is InChI=1S/C25H25Cl2N5O5/c1-32-14-19(31-25(37)30-11-15-5-3-2-4-6-15)10-21(32)23(34)29-13-22(33)28-12-20(24(35)36)16-7-17(26)9-18(27)8-16/h2-10,14,20H,11-13H2,1H3,(H,28,33)(H,29,34)(H,35,36)(H2,30,31,37). The maximum atomic E-state index is 12.6. The molecule has 5 N–H and O–H groups in total. The lowest BCUT2D eigenvalue weighted by atomic mass is 9.99. The highest BCUT2D eigenvalue weighted by Crippen LogP contribution is 2.25. The monoisotopic (exact) mass is 545 g/mol. The molecule has 0 saturated carbocycles. The molecule has 1 aromatic heterocycles. The molecule has 0 saturated heterocycles. The molecule has 4 amide bonds. The maximum absolute atomic E-state index is 12.6. The minimum Gasteiger partial charge on any atom is -0.481 e. The second-order valence-corrected chi connectivity index (χ2v) is 8.97. The van der Waals surface area contributed by atoms with Crippen LogP contribution in [-0.2, 0) is 23.2 Å². The summed E-state index contributed by atoms with van der Waals surface area (Å²) in [6, 6.07) is 14.8. The molecule has 3 aromatic rings. The van der Waals surface area contributed by atoms with E-state index in [9.17, 15) is 24.3 Å². The van der Waals surface area contributed by atoms with E-state index in [1.54, 1.807) is 13.2 Å².